The van der Waals surface area contributed by atoms with Crippen LogP contribution >= 0.6 is 22.6 Å². The van der Waals surface area contributed by atoms with E-state index in [2.05, 4.69) is 83.5 Å². The van der Waals surface area contributed by atoms with Crippen molar-refractivity contribution in [2.75, 3.05) is 19.2 Å². The smallest absolute Gasteiger partial charge is 0.311 e. The standard InChI is InChI=1S/C19H25N3O2.C18H23N3O2.CH3I/c1-18(2,3)22-15-6-9-19(4,17(23)24-5)12-14(15)16(21-22)13-7-10-20-11-8-13;1-18(2,3)21-15-6-5-13(17(22)23-4)11-14(15)16(20-21)12-7-9-19-10-8-12;1-2/h7-8,10-11H,6,9,12H2,1-5H3;7-10,13H,5-6,11H2,1-4H3;1H3. The van der Waals surface area contributed by atoms with Gasteiger partial charge in [-0.3, -0.25) is 28.9 Å². The van der Waals surface area contributed by atoms with E-state index in [1.807, 2.05) is 36.1 Å². The lowest BCUT2D eigenvalue weighted by Crippen LogP contribution is -2.36. The van der Waals surface area contributed by atoms with E-state index in [9.17, 15) is 9.59 Å². The number of alkyl halides is 1. The Bertz CT molecular complexity index is 1740. The van der Waals surface area contributed by atoms with Crippen LogP contribution in [0.2, 0.25) is 0 Å². The molecule has 49 heavy (non-hydrogen) atoms. The van der Waals surface area contributed by atoms with Gasteiger partial charge in [0.15, 0.2) is 0 Å². The highest BCUT2D eigenvalue weighted by atomic mass is 127. The predicted octanol–water partition coefficient (Wildman–Crippen LogP) is 7.40. The molecule has 0 fully saturated rings. The van der Waals surface area contributed by atoms with Crippen molar-refractivity contribution in [3.8, 4) is 22.5 Å². The van der Waals surface area contributed by atoms with Gasteiger partial charge in [0, 0.05) is 58.4 Å². The molecule has 0 saturated carbocycles. The van der Waals surface area contributed by atoms with Crippen LogP contribution in [0.1, 0.15) is 83.8 Å². The molecular weight excluding hydrogens is 731 g/mol. The number of pyridine rings is 2. The maximum absolute atomic E-state index is 12.3. The largest absolute Gasteiger partial charge is 0.469 e. The summed E-state index contributed by atoms with van der Waals surface area (Å²) in [6.07, 6.45) is 11.7. The van der Waals surface area contributed by atoms with Gasteiger partial charge >= 0.3 is 11.9 Å². The summed E-state index contributed by atoms with van der Waals surface area (Å²) in [7, 11) is 2.92. The topological polar surface area (TPSA) is 114 Å². The van der Waals surface area contributed by atoms with Gasteiger partial charge in [-0.05, 0) is 116 Å². The van der Waals surface area contributed by atoms with Crippen LogP contribution < -0.4 is 0 Å². The Balaban J connectivity index is 0.000000210. The first kappa shape index (κ1) is 38.2. The van der Waals surface area contributed by atoms with Gasteiger partial charge in [-0.25, -0.2) is 0 Å². The van der Waals surface area contributed by atoms with Crippen LogP contribution in [0.4, 0.5) is 0 Å². The van der Waals surface area contributed by atoms with Crippen LogP contribution in [0.25, 0.3) is 22.5 Å². The first-order valence-corrected chi connectivity index (χ1v) is 18.9. The van der Waals surface area contributed by atoms with Gasteiger partial charge in [-0.15, -0.1) is 0 Å². The van der Waals surface area contributed by atoms with Crippen LogP contribution in [0, 0.1) is 11.3 Å². The van der Waals surface area contributed by atoms with Crippen molar-refractivity contribution in [1.82, 2.24) is 29.5 Å². The minimum atomic E-state index is -0.491. The number of halogens is 1. The normalized spacial score (nSPS) is 18.5. The lowest BCUT2D eigenvalue weighted by molar-refractivity contribution is -0.152. The Hall–Kier alpha value is -3.61. The molecule has 0 bridgehead atoms. The molecule has 6 rings (SSSR count). The van der Waals surface area contributed by atoms with Crippen molar-refractivity contribution in [3.63, 3.8) is 0 Å². The number of methoxy groups -OCH3 is 2. The van der Waals surface area contributed by atoms with Gasteiger partial charge in [0.2, 0.25) is 0 Å². The third-order valence-corrected chi connectivity index (χ3v) is 9.23. The molecule has 0 aliphatic heterocycles. The van der Waals surface area contributed by atoms with E-state index in [1.165, 1.54) is 31.2 Å². The zero-order valence-electron chi connectivity index (χ0n) is 30.6. The summed E-state index contributed by atoms with van der Waals surface area (Å²) in [6, 6.07) is 7.88. The first-order valence-electron chi connectivity index (χ1n) is 16.7. The van der Waals surface area contributed by atoms with Crippen LogP contribution in [0.15, 0.2) is 49.1 Å². The van der Waals surface area contributed by atoms with E-state index in [0.29, 0.717) is 12.8 Å². The van der Waals surface area contributed by atoms with Gasteiger partial charge in [0.1, 0.15) is 0 Å². The lowest BCUT2D eigenvalue weighted by atomic mass is 9.73. The van der Waals surface area contributed by atoms with E-state index < -0.39 is 5.41 Å². The predicted molar refractivity (Wildman–Crippen MR) is 201 cm³/mol. The van der Waals surface area contributed by atoms with Gasteiger partial charge < -0.3 is 9.47 Å². The van der Waals surface area contributed by atoms with Crippen molar-refractivity contribution in [2.45, 2.75) is 98.1 Å². The summed E-state index contributed by atoms with van der Waals surface area (Å²) in [5.74, 6) is -0.345. The van der Waals surface area contributed by atoms with Crippen molar-refractivity contribution in [1.29, 1.82) is 0 Å². The molecule has 11 heteroatoms. The average molecular weight is 783 g/mol. The fourth-order valence-electron chi connectivity index (χ4n) is 6.80. The maximum atomic E-state index is 12.3. The Labute approximate surface area is 304 Å². The minimum Gasteiger partial charge on any atom is -0.469 e. The van der Waals surface area contributed by atoms with Crippen LogP contribution in [-0.2, 0) is 55.8 Å². The number of hydrogen-bond donors (Lipinski definition) is 0. The number of carbonyl (C=O) groups is 2. The maximum Gasteiger partial charge on any atom is 0.311 e. The number of aromatic nitrogens is 6. The molecule has 0 amide bonds. The highest BCUT2D eigenvalue weighted by Gasteiger charge is 2.42. The van der Waals surface area contributed by atoms with Gasteiger partial charge in [0.25, 0.3) is 0 Å². The summed E-state index contributed by atoms with van der Waals surface area (Å²) in [6.45, 7) is 14.9. The molecule has 0 N–H and O–H groups in total. The van der Waals surface area contributed by atoms with Crippen molar-refractivity contribution >= 4 is 34.5 Å². The highest BCUT2D eigenvalue weighted by molar-refractivity contribution is 14.1. The molecule has 2 atom stereocenters. The number of carbonyl (C=O) groups excluding carboxylic acids is 2. The van der Waals surface area contributed by atoms with Crippen molar-refractivity contribution in [2.24, 2.45) is 11.3 Å². The Morgan fingerprint density at radius 1 is 0.776 bits per heavy atom. The summed E-state index contributed by atoms with van der Waals surface area (Å²) in [4.78, 5) is 34.4. The SMILES string of the molecule is CI.COC(=O)C1(C)CCc2c(c(-c3ccncc3)nn2C(C)(C)C)C1.COC(=O)C1CCc2c(c(-c3ccncc3)nn2C(C)(C)C)C1. The molecule has 0 spiro atoms. The lowest BCUT2D eigenvalue weighted by Gasteiger charge is -2.32. The van der Waals surface area contributed by atoms with E-state index in [-0.39, 0.29) is 28.9 Å². The second kappa shape index (κ2) is 15.5. The zero-order valence-corrected chi connectivity index (χ0v) is 32.8. The fraction of sp³-hybridized carbons (Fsp3) is 0.526. The second-order valence-corrected chi connectivity index (χ2v) is 14.9. The molecule has 0 radical (unpaired) electrons. The van der Waals surface area contributed by atoms with Crippen LogP contribution in [0.5, 0.6) is 0 Å². The Kier molecular flexibility index (Phi) is 12.1. The van der Waals surface area contributed by atoms with E-state index in [1.54, 1.807) is 24.8 Å². The summed E-state index contributed by atoms with van der Waals surface area (Å²) < 4.78 is 14.2. The minimum absolute atomic E-state index is 0.0781. The monoisotopic (exact) mass is 782 g/mol. The van der Waals surface area contributed by atoms with Crippen LogP contribution in [0.3, 0.4) is 0 Å². The average Bonchev–Trinajstić information content (AvgIpc) is 3.68. The number of nitrogens with zero attached hydrogens (tertiary/aromatic N) is 6. The molecular formula is C38H51IN6O4. The summed E-state index contributed by atoms with van der Waals surface area (Å²) in [5.41, 5.74) is 8.13. The van der Waals surface area contributed by atoms with E-state index >= 15 is 0 Å². The highest BCUT2D eigenvalue weighted by Crippen LogP contribution is 2.42. The first-order chi connectivity index (χ1) is 23.2. The number of fused-ring (bicyclic) bond motifs is 2. The molecule has 4 aromatic heterocycles. The fourth-order valence-corrected chi connectivity index (χ4v) is 6.80. The van der Waals surface area contributed by atoms with E-state index in [4.69, 9.17) is 19.7 Å². The van der Waals surface area contributed by atoms with Crippen LogP contribution in [-0.4, -0.2) is 60.6 Å². The quantitative estimate of drug-likeness (QED) is 0.120. The zero-order chi connectivity index (χ0) is 36.1. The molecule has 2 aliphatic carbocycles. The number of hydrogen-bond acceptors (Lipinski definition) is 8. The summed E-state index contributed by atoms with van der Waals surface area (Å²) >= 11 is 2.15. The number of esters is 2. The molecule has 0 saturated heterocycles. The van der Waals surface area contributed by atoms with Crippen molar-refractivity contribution in [3.05, 3.63) is 71.6 Å². The third-order valence-electron chi connectivity index (χ3n) is 9.23. The molecule has 4 heterocycles. The third kappa shape index (κ3) is 8.24. The summed E-state index contributed by atoms with van der Waals surface area (Å²) in [5, 5.41) is 9.81. The second-order valence-electron chi connectivity index (χ2n) is 14.9. The van der Waals surface area contributed by atoms with E-state index in [0.717, 1.165) is 53.8 Å². The van der Waals surface area contributed by atoms with Gasteiger partial charge in [-0.2, -0.15) is 10.2 Å². The van der Waals surface area contributed by atoms with Gasteiger partial charge in [-0.1, -0.05) is 22.6 Å². The molecule has 2 aliphatic rings. The number of ether oxygens (including phenoxy) is 2. The Morgan fingerprint density at radius 3 is 1.69 bits per heavy atom. The molecule has 0 aromatic carbocycles. The van der Waals surface area contributed by atoms with Crippen molar-refractivity contribution < 1.29 is 19.1 Å². The van der Waals surface area contributed by atoms with Gasteiger partial charge in [0.05, 0.1) is 48.0 Å². The molecule has 2 unspecified atom stereocenters. The number of rotatable bonds is 4. The molecule has 10 nitrogen and oxygen atoms in total. The molecule has 4 aromatic rings. The Morgan fingerprint density at radius 2 is 1.24 bits per heavy atom. The molecule has 264 valence electrons.